The summed E-state index contributed by atoms with van der Waals surface area (Å²) >= 11 is 0. The minimum atomic E-state index is -2.56. The highest BCUT2D eigenvalue weighted by Gasteiger charge is 2.57. The molecule has 3 N–H and O–H groups in total. The van der Waals surface area contributed by atoms with Crippen LogP contribution in [0.25, 0.3) is 0 Å². The molecule has 0 radical (unpaired) electrons. The van der Waals surface area contributed by atoms with E-state index < -0.39 is 11.3 Å². The van der Waals surface area contributed by atoms with Gasteiger partial charge in [0.25, 0.3) is 0 Å². The quantitative estimate of drug-likeness (QED) is 0.726. The van der Waals surface area contributed by atoms with Crippen molar-refractivity contribution in [3.05, 3.63) is 18.2 Å². The zero-order valence-corrected chi connectivity index (χ0v) is 7.06. The van der Waals surface area contributed by atoms with E-state index in [0.717, 1.165) is 0 Å². The summed E-state index contributed by atoms with van der Waals surface area (Å²) in [6.07, 6.45) is 2.81. The third kappa shape index (κ3) is 1.23. The monoisotopic (exact) mass is 187 g/mol. The lowest BCUT2D eigenvalue weighted by Crippen LogP contribution is -2.54. The van der Waals surface area contributed by atoms with Crippen molar-refractivity contribution in [2.45, 2.75) is 24.2 Å². The van der Waals surface area contributed by atoms with E-state index in [-0.39, 0.29) is 19.4 Å². The number of H-pyrrole nitrogens is 1. The highest BCUT2D eigenvalue weighted by Crippen LogP contribution is 2.51. The average molecular weight is 187 g/mol. The smallest absolute Gasteiger partial charge is 0.250 e. The Kier molecular flexibility index (Phi) is 1.66. The van der Waals surface area contributed by atoms with Crippen LogP contribution in [0, 0.1) is 0 Å². The van der Waals surface area contributed by atoms with Crippen molar-refractivity contribution in [2.75, 3.05) is 6.54 Å². The molecule has 0 saturated heterocycles. The van der Waals surface area contributed by atoms with Gasteiger partial charge in [0.05, 0.1) is 5.41 Å². The first-order valence-electron chi connectivity index (χ1n) is 4.16. The third-order valence-electron chi connectivity index (χ3n) is 2.59. The SMILES string of the molecule is NCC1(c2ncc[nH]2)CC(F)(F)C1. The summed E-state index contributed by atoms with van der Waals surface area (Å²) in [4.78, 5) is 6.82. The molecule has 1 aromatic heterocycles. The van der Waals surface area contributed by atoms with Gasteiger partial charge in [-0.3, -0.25) is 0 Å². The molecule has 1 aromatic rings. The van der Waals surface area contributed by atoms with Crippen molar-refractivity contribution >= 4 is 0 Å². The van der Waals surface area contributed by atoms with Crippen molar-refractivity contribution in [3.8, 4) is 0 Å². The molecule has 0 unspecified atom stereocenters. The molecule has 1 aliphatic carbocycles. The highest BCUT2D eigenvalue weighted by atomic mass is 19.3. The molecule has 3 nitrogen and oxygen atoms in total. The Balaban J connectivity index is 2.21. The Bertz CT molecular complexity index is 286. The summed E-state index contributed by atoms with van der Waals surface area (Å²) in [7, 11) is 0. The van der Waals surface area contributed by atoms with E-state index in [4.69, 9.17) is 5.73 Å². The normalized spacial score (nSPS) is 23.9. The molecule has 0 amide bonds. The van der Waals surface area contributed by atoms with Crippen molar-refractivity contribution in [1.82, 2.24) is 9.97 Å². The van der Waals surface area contributed by atoms with Gasteiger partial charge in [0.15, 0.2) is 0 Å². The number of alkyl halides is 2. The Hall–Kier alpha value is -0.970. The summed E-state index contributed by atoms with van der Waals surface area (Å²) in [6, 6.07) is 0. The summed E-state index contributed by atoms with van der Waals surface area (Å²) in [6.45, 7) is 0.218. The van der Waals surface area contributed by atoms with Gasteiger partial charge in [0, 0.05) is 31.8 Å². The van der Waals surface area contributed by atoms with Crippen molar-refractivity contribution in [1.29, 1.82) is 0 Å². The Labute approximate surface area is 74.4 Å². The number of nitrogens with two attached hydrogens (primary N) is 1. The highest BCUT2D eigenvalue weighted by molar-refractivity contribution is 5.18. The van der Waals surface area contributed by atoms with Crippen molar-refractivity contribution < 1.29 is 8.78 Å². The van der Waals surface area contributed by atoms with Crippen LogP contribution in [0.1, 0.15) is 18.7 Å². The molecule has 5 heteroatoms. The van der Waals surface area contributed by atoms with Crippen molar-refractivity contribution in [2.24, 2.45) is 5.73 Å². The van der Waals surface area contributed by atoms with E-state index in [1.54, 1.807) is 12.4 Å². The fourth-order valence-electron chi connectivity index (χ4n) is 1.90. The second-order valence-corrected chi connectivity index (χ2v) is 3.63. The fourth-order valence-corrected chi connectivity index (χ4v) is 1.90. The van der Waals surface area contributed by atoms with Crippen LogP contribution in [0.3, 0.4) is 0 Å². The van der Waals surface area contributed by atoms with Gasteiger partial charge in [0.2, 0.25) is 5.92 Å². The molecule has 0 spiro atoms. The van der Waals surface area contributed by atoms with Crippen LogP contribution in [-0.4, -0.2) is 22.4 Å². The van der Waals surface area contributed by atoms with E-state index in [1.807, 2.05) is 0 Å². The van der Waals surface area contributed by atoms with Crippen LogP contribution >= 0.6 is 0 Å². The predicted molar refractivity (Wildman–Crippen MR) is 43.5 cm³/mol. The largest absolute Gasteiger partial charge is 0.348 e. The van der Waals surface area contributed by atoms with E-state index >= 15 is 0 Å². The van der Waals surface area contributed by atoms with Gasteiger partial charge in [-0.25, -0.2) is 13.8 Å². The number of hydrogen-bond donors (Lipinski definition) is 2. The van der Waals surface area contributed by atoms with Crippen LogP contribution in [0.5, 0.6) is 0 Å². The Morgan fingerprint density at radius 1 is 1.54 bits per heavy atom. The summed E-state index contributed by atoms with van der Waals surface area (Å²) in [5.41, 5.74) is 4.87. The molecule has 0 aromatic carbocycles. The molecule has 0 aliphatic heterocycles. The number of aromatic nitrogens is 2. The lowest BCUT2D eigenvalue weighted by molar-refractivity contribution is -0.126. The predicted octanol–water partition coefficient (Wildman–Crippen LogP) is 1.04. The van der Waals surface area contributed by atoms with Crippen LogP contribution in [0.4, 0.5) is 8.78 Å². The summed E-state index contributed by atoms with van der Waals surface area (Å²) in [5.74, 6) is -1.98. The number of halogens is 2. The van der Waals surface area contributed by atoms with Gasteiger partial charge in [-0.15, -0.1) is 0 Å². The first kappa shape index (κ1) is 8.62. The summed E-state index contributed by atoms with van der Waals surface area (Å²) < 4.78 is 25.4. The van der Waals surface area contributed by atoms with E-state index in [2.05, 4.69) is 9.97 Å². The molecule has 1 fully saturated rings. The maximum Gasteiger partial charge on any atom is 0.250 e. The molecule has 1 saturated carbocycles. The van der Waals surface area contributed by atoms with Crippen LogP contribution < -0.4 is 5.73 Å². The van der Waals surface area contributed by atoms with Crippen LogP contribution in [-0.2, 0) is 5.41 Å². The van der Waals surface area contributed by atoms with Gasteiger partial charge in [0.1, 0.15) is 5.82 Å². The summed E-state index contributed by atoms with van der Waals surface area (Å²) in [5, 5.41) is 0. The standard InChI is InChI=1S/C8H11F2N3/c9-8(10)3-7(4-8,5-11)6-12-1-2-13-6/h1-2H,3-5,11H2,(H,12,13). The lowest BCUT2D eigenvalue weighted by Gasteiger charge is -2.45. The molecule has 13 heavy (non-hydrogen) atoms. The van der Waals surface area contributed by atoms with Crippen molar-refractivity contribution in [3.63, 3.8) is 0 Å². The topological polar surface area (TPSA) is 54.7 Å². The van der Waals surface area contributed by atoms with E-state index in [0.29, 0.717) is 5.82 Å². The zero-order chi connectivity index (χ0) is 9.53. The minimum absolute atomic E-state index is 0.190. The van der Waals surface area contributed by atoms with E-state index in [9.17, 15) is 8.78 Å². The zero-order valence-electron chi connectivity index (χ0n) is 7.06. The molecule has 2 rings (SSSR count). The number of hydrogen-bond acceptors (Lipinski definition) is 2. The van der Waals surface area contributed by atoms with Gasteiger partial charge in [-0.1, -0.05) is 0 Å². The molecule has 0 atom stereocenters. The Morgan fingerprint density at radius 3 is 2.62 bits per heavy atom. The molecule has 1 aliphatic rings. The van der Waals surface area contributed by atoms with Crippen LogP contribution in [0.15, 0.2) is 12.4 Å². The number of nitrogens with zero attached hydrogens (tertiary/aromatic N) is 1. The van der Waals surface area contributed by atoms with Gasteiger partial charge >= 0.3 is 0 Å². The first-order valence-corrected chi connectivity index (χ1v) is 4.16. The molecular weight excluding hydrogens is 176 g/mol. The number of imidazole rings is 1. The number of nitrogens with one attached hydrogen (secondary N) is 1. The molecular formula is C8H11F2N3. The molecule has 72 valence electrons. The maximum absolute atomic E-state index is 12.7. The van der Waals surface area contributed by atoms with Gasteiger partial charge in [-0.05, 0) is 0 Å². The molecule has 0 bridgehead atoms. The minimum Gasteiger partial charge on any atom is -0.348 e. The second-order valence-electron chi connectivity index (χ2n) is 3.63. The third-order valence-corrected chi connectivity index (χ3v) is 2.59. The fraction of sp³-hybridized carbons (Fsp3) is 0.625. The first-order chi connectivity index (χ1) is 6.08. The maximum atomic E-state index is 12.7. The van der Waals surface area contributed by atoms with Gasteiger partial charge < -0.3 is 10.7 Å². The van der Waals surface area contributed by atoms with E-state index in [1.165, 1.54) is 0 Å². The second kappa shape index (κ2) is 2.51. The lowest BCUT2D eigenvalue weighted by atomic mass is 9.65. The number of rotatable bonds is 2. The average Bonchev–Trinajstić information content (AvgIpc) is 2.51. The Morgan fingerprint density at radius 2 is 2.23 bits per heavy atom. The van der Waals surface area contributed by atoms with Crippen LogP contribution in [0.2, 0.25) is 0 Å². The molecule has 1 heterocycles. The van der Waals surface area contributed by atoms with Gasteiger partial charge in [-0.2, -0.15) is 0 Å². The number of aromatic amines is 1.